The molecule has 0 saturated carbocycles. The van der Waals surface area contributed by atoms with Crippen LogP contribution in [0.15, 0.2) is 59.0 Å². The van der Waals surface area contributed by atoms with Crippen LogP contribution in [-0.4, -0.2) is 30.2 Å². The molecular formula is C23H17N3O4. The van der Waals surface area contributed by atoms with Gasteiger partial charge >= 0.3 is 5.97 Å². The van der Waals surface area contributed by atoms with Crippen molar-refractivity contribution >= 4 is 28.7 Å². The largest absolute Gasteiger partial charge is 0.497 e. The second kappa shape index (κ2) is 7.97. The lowest BCUT2D eigenvalue weighted by Gasteiger charge is -2.00. The molecule has 0 unspecified atom stereocenters. The molecule has 0 saturated heterocycles. The van der Waals surface area contributed by atoms with Crippen LogP contribution in [0.4, 0.5) is 0 Å². The molecule has 30 heavy (non-hydrogen) atoms. The van der Waals surface area contributed by atoms with Gasteiger partial charge in [-0.15, -0.1) is 0 Å². The lowest BCUT2D eigenvalue weighted by molar-refractivity contribution is 0.0600. The molecule has 0 spiro atoms. The van der Waals surface area contributed by atoms with Crippen molar-refractivity contribution in [2.75, 3.05) is 14.2 Å². The number of rotatable bonds is 5. The number of H-pyrrole nitrogens is 1. The minimum atomic E-state index is -0.397. The Bertz CT molecular complexity index is 1290. The monoisotopic (exact) mass is 399 g/mol. The number of aromatic nitrogens is 2. The highest BCUT2D eigenvalue weighted by Gasteiger charge is 2.11. The fraction of sp³-hybridized carbons (Fsp3) is 0.0870. The first-order valence-corrected chi connectivity index (χ1v) is 9.06. The summed E-state index contributed by atoms with van der Waals surface area (Å²) in [7, 11) is 2.93. The maximum absolute atomic E-state index is 11.6. The lowest BCUT2D eigenvalue weighted by Crippen LogP contribution is -2.00. The third-order valence-corrected chi connectivity index (χ3v) is 4.57. The summed E-state index contributed by atoms with van der Waals surface area (Å²) in [4.78, 5) is 19.2. The highest BCUT2D eigenvalue weighted by atomic mass is 16.5. The number of hydrogen-bond acceptors (Lipinski definition) is 6. The topological polar surface area (TPSA) is 101 Å². The van der Waals surface area contributed by atoms with E-state index in [0.29, 0.717) is 34.2 Å². The van der Waals surface area contributed by atoms with E-state index in [-0.39, 0.29) is 0 Å². The first-order valence-electron chi connectivity index (χ1n) is 9.06. The van der Waals surface area contributed by atoms with Crippen LogP contribution >= 0.6 is 0 Å². The summed E-state index contributed by atoms with van der Waals surface area (Å²) in [5, 5.41) is 9.61. The van der Waals surface area contributed by atoms with Crippen molar-refractivity contribution in [2.24, 2.45) is 0 Å². The number of furan rings is 1. The third kappa shape index (κ3) is 3.66. The van der Waals surface area contributed by atoms with E-state index in [4.69, 9.17) is 13.9 Å². The van der Waals surface area contributed by atoms with Gasteiger partial charge in [-0.05, 0) is 36.4 Å². The van der Waals surface area contributed by atoms with Crippen LogP contribution in [0, 0.1) is 11.3 Å². The fourth-order valence-corrected chi connectivity index (χ4v) is 3.01. The standard InChI is InChI=1S/C23H17N3O4/c1-28-17-7-9-19-20(12-17)26-22(25-19)16(13-24)11-18-8-10-21(30-18)14-3-5-15(6-4-14)23(27)29-2/h3-12H,1-2H3,(H,25,26)/b16-11-. The van der Waals surface area contributed by atoms with Crippen molar-refractivity contribution in [3.05, 3.63) is 71.7 Å². The number of carbonyl (C=O) groups excluding carboxylic acids is 1. The Labute approximate surface area is 172 Å². The number of fused-ring (bicyclic) bond motifs is 1. The van der Waals surface area contributed by atoms with Gasteiger partial charge < -0.3 is 18.9 Å². The van der Waals surface area contributed by atoms with Gasteiger partial charge in [0.05, 0.1) is 36.4 Å². The Kier molecular flexibility index (Phi) is 5.06. The van der Waals surface area contributed by atoms with Crippen LogP contribution in [-0.2, 0) is 4.74 Å². The molecule has 0 radical (unpaired) electrons. The van der Waals surface area contributed by atoms with Crippen molar-refractivity contribution in [1.82, 2.24) is 9.97 Å². The van der Waals surface area contributed by atoms with E-state index in [9.17, 15) is 10.1 Å². The van der Waals surface area contributed by atoms with Gasteiger partial charge in [0.1, 0.15) is 29.2 Å². The molecule has 4 rings (SSSR count). The molecular weight excluding hydrogens is 382 g/mol. The van der Waals surface area contributed by atoms with Crippen LogP contribution < -0.4 is 4.74 Å². The van der Waals surface area contributed by atoms with Crippen molar-refractivity contribution < 1.29 is 18.7 Å². The Morgan fingerprint density at radius 2 is 1.93 bits per heavy atom. The molecule has 0 fully saturated rings. The average Bonchev–Trinajstić information content (AvgIpc) is 3.43. The summed E-state index contributed by atoms with van der Waals surface area (Å²) in [6.45, 7) is 0. The molecule has 2 aromatic heterocycles. The number of imidazole rings is 1. The predicted molar refractivity (Wildman–Crippen MR) is 112 cm³/mol. The van der Waals surface area contributed by atoms with Crippen molar-refractivity contribution in [3.8, 4) is 23.1 Å². The maximum Gasteiger partial charge on any atom is 0.337 e. The Morgan fingerprint density at radius 1 is 1.13 bits per heavy atom. The summed E-state index contributed by atoms with van der Waals surface area (Å²) in [5.74, 6) is 1.88. The zero-order chi connectivity index (χ0) is 21.1. The van der Waals surface area contributed by atoms with Crippen LogP contribution in [0.3, 0.4) is 0 Å². The van der Waals surface area contributed by atoms with Crippen LogP contribution in [0.25, 0.3) is 34.0 Å². The molecule has 0 bridgehead atoms. The fourth-order valence-electron chi connectivity index (χ4n) is 3.01. The summed E-state index contributed by atoms with van der Waals surface area (Å²) < 4.78 is 15.8. The van der Waals surface area contributed by atoms with Gasteiger partial charge in [0.2, 0.25) is 0 Å². The molecule has 7 heteroatoms. The molecule has 0 aliphatic carbocycles. The number of allylic oxidation sites excluding steroid dienone is 1. The van der Waals surface area contributed by atoms with E-state index in [1.807, 2.05) is 18.2 Å². The Morgan fingerprint density at radius 3 is 2.63 bits per heavy atom. The third-order valence-electron chi connectivity index (χ3n) is 4.57. The molecule has 4 aromatic rings. The molecule has 7 nitrogen and oxygen atoms in total. The van der Waals surface area contributed by atoms with E-state index in [2.05, 4.69) is 16.0 Å². The Balaban J connectivity index is 1.62. The molecule has 148 valence electrons. The first kappa shape index (κ1) is 19.0. The number of ether oxygens (including phenoxy) is 2. The number of nitrogens with one attached hydrogen (secondary N) is 1. The van der Waals surface area contributed by atoms with Gasteiger partial charge in [-0.1, -0.05) is 12.1 Å². The zero-order valence-electron chi connectivity index (χ0n) is 16.3. The van der Waals surface area contributed by atoms with Gasteiger partial charge in [-0.3, -0.25) is 0 Å². The van der Waals surface area contributed by atoms with Gasteiger partial charge in [0, 0.05) is 17.7 Å². The normalized spacial score (nSPS) is 11.3. The van der Waals surface area contributed by atoms with Gasteiger partial charge in [-0.2, -0.15) is 5.26 Å². The van der Waals surface area contributed by atoms with Crippen LogP contribution in [0.1, 0.15) is 21.9 Å². The van der Waals surface area contributed by atoms with Gasteiger partial charge in [0.15, 0.2) is 0 Å². The number of esters is 1. The summed E-state index contributed by atoms with van der Waals surface area (Å²) >= 11 is 0. The maximum atomic E-state index is 11.6. The van der Waals surface area contributed by atoms with Gasteiger partial charge in [-0.25, -0.2) is 9.78 Å². The van der Waals surface area contributed by atoms with E-state index in [0.717, 1.165) is 16.6 Å². The second-order valence-corrected chi connectivity index (χ2v) is 6.41. The first-order chi connectivity index (χ1) is 14.6. The number of nitrogens with zero attached hydrogens (tertiary/aromatic N) is 2. The molecule has 2 heterocycles. The Hall–Kier alpha value is -4.31. The highest BCUT2D eigenvalue weighted by Crippen LogP contribution is 2.26. The number of aromatic amines is 1. The number of nitriles is 1. The minimum Gasteiger partial charge on any atom is -0.497 e. The molecule has 0 aliphatic rings. The quantitative estimate of drug-likeness (QED) is 0.386. The van der Waals surface area contributed by atoms with Crippen molar-refractivity contribution in [2.45, 2.75) is 0 Å². The molecule has 1 N–H and O–H groups in total. The number of benzene rings is 2. The number of methoxy groups -OCH3 is 2. The van der Waals surface area contributed by atoms with Crippen LogP contribution in [0.5, 0.6) is 5.75 Å². The van der Waals surface area contributed by atoms with E-state index >= 15 is 0 Å². The smallest absolute Gasteiger partial charge is 0.337 e. The lowest BCUT2D eigenvalue weighted by atomic mass is 10.1. The van der Waals surface area contributed by atoms with E-state index in [1.165, 1.54) is 7.11 Å². The molecule has 0 amide bonds. The summed E-state index contributed by atoms with van der Waals surface area (Å²) in [6.07, 6.45) is 1.63. The predicted octanol–water partition coefficient (Wildman–Crippen LogP) is 4.68. The number of carbonyl (C=O) groups is 1. The average molecular weight is 399 g/mol. The minimum absolute atomic E-state index is 0.340. The zero-order valence-corrected chi connectivity index (χ0v) is 16.3. The SMILES string of the molecule is COC(=O)c1ccc(-c2ccc(/C=C(/C#N)c3nc4ccc(OC)cc4[nH]3)o2)cc1. The molecule has 0 atom stereocenters. The van der Waals surface area contributed by atoms with Gasteiger partial charge in [0.25, 0.3) is 0 Å². The second-order valence-electron chi connectivity index (χ2n) is 6.41. The van der Waals surface area contributed by atoms with Crippen molar-refractivity contribution in [1.29, 1.82) is 5.26 Å². The summed E-state index contributed by atoms with van der Waals surface area (Å²) in [5.41, 5.74) is 3.11. The summed E-state index contributed by atoms with van der Waals surface area (Å²) in [6, 6.07) is 18.1. The molecule has 2 aromatic carbocycles. The number of hydrogen-bond donors (Lipinski definition) is 1. The highest BCUT2D eigenvalue weighted by molar-refractivity contribution is 5.91. The van der Waals surface area contributed by atoms with Crippen LogP contribution in [0.2, 0.25) is 0 Å². The molecule has 0 aliphatic heterocycles. The van der Waals surface area contributed by atoms with E-state index < -0.39 is 5.97 Å². The van der Waals surface area contributed by atoms with Crippen molar-refractivity contribution in [3.63, 3.8) is 0 Å². The van der Waals surface area contributed by atoms with E-state index in [1.54, 1.807) is 49.6 Å².